The lowest BCUT2D eigenvalue weighted by Gasteiger charge is -2.21. The van der Waals surface area contributed by atoms with Gasteiger partial charge in [0.2, 0.25) is 5.62 Å². The Morgan fingerprint density at radius 3 is 2.72 bits per heavy atom. The van der Waals surface area contributed by atoms with Crippen molar-refractivity contribution in [3.63, 3.8) is 0 Å². The molecule has 0 aromatic heterocycles. The van der Waals surface area contributed by atoms with Gasteiger partial charge in [0.1, 0.15) is 0 Å². The second-order valence-electron chi connectivity index (χ2n) is 4.95. The number of nitrogens with zero attached hydrogens (tertiary/aromatic N) is 1. The van der Waals surface area contributed by atoms with Crippen LogP contribution < -0.4 is 5.09 Å². The number of rotatable bonds is 8. The van der Waals surface area contributed by atoms with Crippen molar-refractivity contribution < 1.29 is 4.52 Å². The molecule has 18 heavy (non-hydrogen) atoms. The van der Waals surface area contributed by atoms with Crippen LogP contribution in [0, 0.1) is 5.92 Å². The Kier molecular flexibility index (Phi) is 7.85. The first-order valence-corrected chi connectivity index (χ1v) is 11.1. The molecule has 0 aromatic carbocycles. The van der Waals surface area contributed by atoms with E-state index in [4.69, 9.17) is 16.3 Å². The molecule has 6 heteroatoms. The molecular weight excluding hydrogens is 283 g/mol. The van der Waals surface area contributed by atoms with Crippen molar-refractivity contribution in [3.8, 4) is 0 Å². The lowest BCUT2D eigenvalue weighted by Crippen LogP contribution is -2.11. The molecule has 3 nitrogen and oxygen atoms in total. The quantitative estimate of drug-likeness (QED) is 0.414. The third-order valence-electron chi connectivity index (χ3n) is 2.70. The first-order valence-electron chi connectivity index (χ1n) is 6.74. The van der Waals surface area contributed by atoms with Gasteiger partial charge in [-0.15, -0.1) is 0 Å². The van der Waals surface area contributed by atoms with Crippen LogP contribution in [0.3, 0.4) is 0 Å². The predicted octanol–water partition coefficient (Wildman–Crippen LogP) is 4.20. The highest BCUT2D eigenvalue weighted by molar-refractivity contribution is 8.68. The summed E-state index contributed by atoms with van der Waals surface area (Å²) in [5, 5.41) is 3.25. The van der Waals surface area contributed by atoms with Crippen molar-refractivity contribution in [2.45, 2.75) is 52.5 Å². The summed E-state index contributed by atoms with van der Waals surface area (Å²) in [5.74, 6) is 1.66. The zero-order valence-electron chi connectivity index (χ0n) is 11.6. The third kappa shape index (κ3) is 6.55. The predicted molar refractivity (Wildman–Crippen MR) is 87.1 cm³/mol. The van der Waals surface area contributed by atoms with E-state index in [0.717, 1.165) is 5.75 Å². The molecule has 0 aliphatic heterocycles. The Balaban J connectivity index is 2.42. The van der Waals surface area contributed by atoms with E-state index in [1.54, 1.807) is 17.7 Å². The monoisotopic (exact) mass is 308 g/mol. The van der Waals surface area contributed by atoms with Crippen molar-refractivity contribution >= 4 is 35.1 Å². The van der Waals surface area contributed by atoms with Crippen LogP contribution in [-0.4, -0.2) is 24.7 Å². The standard InChI is InChI=1S/C12H25N2OPS2/c1-4-15-16(17,18-9-11(2)3)14-10-13-12-7-5-6-8-12/h10-12H,4-9H2,1-3H3,(H,13,14,17). The van der Waals surface area contributed by atoms with Crippen LogP contribution in [0.1, 0.15) is 46.5 Å². The molecule has 0 saturated heterocycles. The highest BCUT2D eigenvalue weighted by Gasteiger charge is 2.18. The van der Waals surface area contributed by atoms with Gasteiger partial charge in [0.15, 0.2) is 0 Å². The largest absolute Gasteiger partial charge is 0.327 e. The van der Waals surface area contributed by atoms with Gasteiger partial charge in [-0.25, -0.2) is 0 Å². The van der Waals surface area contributed by atoms with E-state index in [0.29, 0.717) is 18.6 Å². The molecule has 0 radical (unpaired) electrons. The number of hydrogen-bond donors (Lipinski definition) is 1. The first kappa shape index (κ1) is 16.5. The summed E-state index contributed by atoms with van der Waals surface area (Å²) in [6, 6.07) is 0.498. The number of hydrogen-bond acceptors (Lipinski definition) is 4. The van der Waals surface area contributed by atoms with E-state index in [1.165, 1.54) is 25.7 Å². The fourth-order valence-electron chi connectivity index (χ4n) is 1.79. The van der Waals surface area contributed by atoms with Gasteiger partial charge >= 0.3 is 0 Å². The summed E-state index contributed by atoms with van der Waals surface area (Å²) in [6.07, 6.45) is 6.86. The Labute approximate surface area is 120 Å². The lowest BCUT2D eigenvalue weighted by atomic mass is 10.3. The Morgan fingerprint density at radius 2 is 2.17 bits per heavy atom. The zero-order chi connectivity index (χ0) is 13.4. The normalized spacial score (nSPS) is 20.7. The van der Waals surface area contributed by atoms with Crippen molar-refractivity contribution in [2.75, 3.05) is 12.4 Å². The molecule has 0 bridgehead atoms. The minimum absolute atomic E-state index is 0.498. The second kappa shape index (κ2) is 8.57. The molecule has 1 aliphatic rings. The van der Waals surface area contributed by atoms with Crippen LogP contribution in [-0.2, 0) is 16.3 Å². The van der Waals surface area contributed by atoms with E-state index in [1.807, 2.05) is 6.92 Å². The highest BCUT2D eigenvalue weighted by Crippen LogP contribution is 2.56. The summed E-state index contributed by atoms with van der Waals surface area (Å²) in [4.78, 5) is 4.55. The molecule has 0 spiro atoms. The van der Waals surface area contributed by atoms with Gasteiger partial charge in [0.25, 0.3) is 0 Å². The van der Waals surface area contributed by atoms with Crippen LogP contribution in [0.15, 0.2) is 4.99 Å². The average molecular weight is 308 g/mol. The van der Waals surface area contributed by atoms with Crippen LogP contribution in [0.25, 0.3) is 0 Å². The van der Waals surface area contributed by atoms with Crippen molar-refractivity contribution in [1.82, 2.24) is 5.09 Å². The maximum Gasteiger partial charge on any atom is 0.211 e. The van der Waals surface area contributed by atoms with Crippen molar-refractivity contribution in [2.24, 2.45) is 10.9 Å². The molecule has 0 aromatic rings. The van der Waals surface area contributed by atoms with Crippen LogP contribution in [0.5, 0.6) is 0 Å². The smallest absolute Gasteiger partial charge is 0.211 e. The van der Waals surface area contributed by atoms with E-state index in [9.17, 15) is 0 Å². The average Bonchev–Trinajstić information content (AvgIpc) is 2.80. The summed E-state index contributed by atoms with van der Waals surface area (Å²) in [6.45, 7) is 7.05. The Bertz CT molecular complexity index is 304. The molecule has 0 heterocycles. The minimum atomic E-state index is -1.98. The Morgan fingerprint density at radius 1 is 1.50 bits per heavy atom. The Hall–Kier alpha value is 0.430. The van der Waals surface area contributed by atoms with Gasteiger partial charge in [-0.3, -0.25) is 4.99 Å². The van der Waals surface area contributed by atoms with E-state index < -0.39 is 5.62 Å². The van der Waals surface area contributed by atoms with Gasteiger partial charge < -0.3 is 9.61 Å². The summed E-state index contributed by atoms with van der Waals surface area (Å²) < 4.78 is 5.73. The van der Waals surface area contributed by atoms with E-state index in [2.05, 4.69) is 23.9 Å². The first-order chi connectivity index (χ1) is 8.56. The third-order valence-corrected chi connectivity index (χ3v) is 8.57. The molecule has 106 valence electrons. The topological polar surface area (TPSA) is 33.6 Å². The molecular formula is C12H25N2OPS2. The van der Waals surface area contributed by atoms with Gasteiger partial charge in [-0.1, -0.05) is 38.1 Å². The fourth-order valence-corrected chi connectivity index (χ4v) is 6.45. The van der Waals surface area contributed by atoms with Gasteiger partial charge in [0, 0.05) is 5.75 Å². The molecule has 0 amide bonds. The molecule has 1 rings (SSSR count). The van der Waals surface area contributed by atoms with Crippen LogP contribution in [0.2, 0.25) is 0 Å². The molecule has 1 unspecified atom stereocenters. The second-order valence-corrected chi connectivity index (χ2v) is 11.6. The van der Waals surface area contributed by atoms with Crippen LogP contribution in [0.4, 0.5) is 0 Å². The van der Waals surface area contributed by atoms with Crippen molar-refractivity contribution in [3.05, 3.63) is 0 Å². The summed E-state index contributed by atoms with van der Waals surface area (Å²) in [7, 11) is 0. The lowest BCUT2D eigenvalue weighted by molar-refractivity contribution is 0.383. The molecule has 1 fully saturated rings. The van der Waals surface area contributed by atoms with E-state index in [-0.39, 0.29) is 0 Å². The van der Waals surface area contributed by atoms with Crippen LogP contribution >= 0.6 is 17.0 Å². The maximum absolute atomic E-state index is 5.73. The van der Waals surface area contributed by atoms with Gasteiger partial charge in [-0.05, 0) is 37.5 Å². The maximum atomic E-state index is 5.73. The fraction of sp³-hybridized carbons (Fsp3) is 0.917. The summed E-state index contributed by atoms with van der Waals surface area (Å²) in [5.41, 5.74) is -1.98. The minimum Gasteiger partial charge on any atom is -0.327 e. The molecule has 1 saturated carbocycles. The molecule has 1 N–H and O–H groups in total. The highest BCUT2D eigenvalue weighted by atomic mass is 32.9. The van der Waals surface area contributed by atoms with Gasteiger partial charge in [0.05, 0.1) is 19.0 Å². The van der Waals surface area contributed by atoms with Crippen molar-refractivity contribution in [1.29, 1.82) is 0 Å². The zero-order valence-corrected chi connectivity index (χ0v) is 14.1. The van der Waals surface area contributed by atoms with E-state index >= 15 is 0 Å². The molecule has 1 atom stereocenters. The number of nitrogens with one attached hydrogen (secondary N) is 1. The molecule has 1 aliphatic carbocycles. The van der Waals surface area contributed by atoms with Gasteiger partial charge in [-0.2, -0.15) is 0 Å². The SMILES string of the molecule is CCOP(=S)(NC=NC1CCCC1)SCC(C)C. The number of aliphatic imine (C=N–C) groups is 1. The summed E-state index contributed by atoms with van der Waals surface area (Å²) >= 11 is 7.35.